The number of nitrogens with zero attached hydrogens (tertiary/aromatic N) is 4. The number of nitrogens with one attached hydrogen (secondary N) is 2. The number of carbonyl (C=O) groups excluding carboxylic acids is 1. The molecular weight excluding hydrogens is 516 g/mol. The van der Waals surface area contributed by atoms with Gasteiger partial charge in [-0.1, -0.05) is 31.7 Å². The average molecular weight is 551 g/mol. The number of aromatic nitrogens is 4. The number of hydrogen-bond acceptors (Lipinski definition) is 6. The van der Waals surface area contributed by atoms with Gasteiger partial charge in [-0.05, 0) is 62.6 Å². The highest BCUT2D eigenvalue weighted by molar-refractivity contribution is 5.95. The number of fused-ring (bicyclic) bond motifs is 1. The van der Waals surface area contributed by atoms with Crippen molar-refractivity contribution in [3.63, 3.8) is 0 Å². The van der Waals surface area contributed by atoms with Crippen molar-refractivity contribution in [3.8, 4) is 34.2 Å². The standard InChI is InChI=1S/C31H30N6O3.CH4/c1-20(2)40-29-10-9-23(15-24(29)16-32)31(39)35-26(11-13-38)14-21-5-7-22(8-6-21)28-19-37-12-3-4-27(30(37)36-28)25-17-33-34-18-25;/h3-10,12,15,17-20,26,38H,11,13-14H2,1-2H3,(H,33,34)(H,35,39);1H4/t26-;/m1./s1. The molecule has 0 saturated heterocycles. The predicted molar refractivity (Wildman–Crippen MR) is 159 cm³/mol. The molecule has 3 N–H and O–H groups in total. The molecule has 9 nitrogen and oxygen atoms in total. The van der Waals surface area contributed by atoms with Crippen molar-refractivity contribution in [2.75, 3.05) is 6.61 Å². The highest BCUT2D eigenvalue weighted by Gasteiger charge is 2.17. The monoisotopic (exact) mass is 550 g/mol. The lowest BCUT2D eigenvalue weighted by atomic mass is 10.0. The van der Waals surface area contributed by atoms with Gasteiger partial charge in [-0.2, -0.15) is 10.4 Å². The third kappa shape index (κ3) is 6.62. The van der Waals surface area contributed by atoms with Crippen molar-refractivity contribution >= 4 is 11.6 Å². The Balaban J connectivity index is 0.00000387. The van der Waals surface area contributed by atoms with Crippen molar-refractivity contribution in [1.82, 2.24) is 24.9 Å². The number of imidazole rings is 1. The molecule has 210 valence electrons. The van der Waals surface area contributed by atoms with Gasteiger partial charge in [-0.3, -0.25) is 9.89 Å². The largest absolute Gasteiger partial charge is 0.490 e. The van der Waals surface area contributed by atoms with Crippen LogP contribution in [0.25, 0.3) is 28.0 Å². The quantitative estimate of drug-likeness (QED) is 0.213. The minimum absolute atomic E-state index is 0. The van der Waals surface area contributed by atoms with Crippen LogP contribution in [0.15, 0.2) is 79.4 Å². The molecule has 1 atom stereocenters. The summed E-state index contributed by atoms with van der Waals surface area (Å²) in [5.41, 5.74) is 6.32. The number of amides is 1. The van der Waals surface area contributed by atoms with Crippen LogP contribution in [0.1, 0.15) is 49.2 Å². The fraction of sp³-hybridized carbons (Fsp3) is 0.250. The van der Waals surface area contributed by atoms with Crippen molar-refractivity contribution < 1.29 is 14.6 Å². The van der Waals surface area contributed by atoms with Gasteiger partial charge in [0, 0.05) is 53.5 Å². The number of aromatic amines is 1. The van der Waals surface area contributed by atoms with E-state index in [2.05, 4.69) is 21.6 Å². The SMILES string of the molecule is C.CC(C)Oc1ccc(C(=O)N[C@H](CCO)Cc2ccc(-c3cn4cccc(-c5cn[nH]c5)c4n3)cc2)cc1C#N. The highest BCUT2D eigenvalue weighted by Crippen LogP contribution is 2.27. The third-order valence-electron chi connectivity index (χ3n) is 6.56. The average Bonchev–Trinajstić information content (AvgIpc) is 3.64. The van der Waals surface area contributed by atoms with E-state index in [4.69, 9.17) is 9.72 Å². The van der Waals surface area contributed by atoms with Crippen LogP contribution in [0, 0.1) is 11.3 Å². The number of nitriles is 1. The van der Waals surface area contributed by atoms with Crippen LogP contribution >= 0.6 is 0 Å². The number of carbonyl (C=O) groups is 1. The van der Waals surface area contributed by atoms with Crippen LogP contribution in [0.2, 0.25) is 0 Å². The molecule has 9 heteroatoms. The topological polar surface area (TPSA) is 128 Å². The minimum Gasteiger partial charge on any atom is -0.490 e. The molecule has 0 spiro atoms. The van der Waals surface area contributed by atoms with Crippen molar-refractivity contribution in [2.24, 2.45) is 0 Å². The summed E-state index contributed by atoms with van der Waals surface area (Å²) in [4.78, 5) is 17.9. The van der Waals surface area contributed by atoms with E-state index in [1.807, 2.05) is 73.2 Å². The summed E-state index contributed by atoms with van der Waals surface area (Å²) in [6.45, 7) is 3.70. The van der Waals surface area contributed by atoms with E-state index in [1.54, 1.807) is 18.3 Å². The number of aliphatic hydroxyl groups is 1. The maximum absolute atomic E-state index is 13.0. The van der Waals surface area contributed by atoms with Gasteiger partial charge in [0.15, 0.2) is 0 Å². The van der Waals surface area contributed by atoms with Gasteiger partial charge >= 0.3 is 0 Å². The Morgan fingerprint density at radius 3 is 2.66 bits per heavy atom. The molecule has 0 fully saturated rings. The zero-order valence-corrected chi connectivity index (χ0v) is 22.3. The van der Waals surface area contributed by atoms with Gasteiger partial charge in [0.1, 0.15) is 17.5 Å². The van der Waals surface area contributed by atoms with Gasteiger partial charge in [0.2, 0.25) is 0 Å². The third-order valence-corrected chi connectivity index (χ3v) is 6.56. The molecule has 0 aliphatic carbocycles. The van der Waals surface area contributed by atoms with E-state index in [-0.39, 0.29) is 32.1 Å². The van der Waals surface area contributed by atoms with Gasteiger partial charge in [-0.15, -0.1) is 0 Å². The van der Waals surface area contributed by atoms with Crippen LogP contribution in [0.3, 0.4) is 0 Å². The van der Waals surface area contributed by atoms with Crippen LogP contribution in [-0.4, -0.2) is 49.3 Å². The lowest BCUT2D eigenvalue weighted by Crippen LogP contribution is -2.37. The van der Waals surface area contributed by atoms with Crippen molar-refractivity contribution in [2.45, 2.75) is 46.3 Å². The van der Waals surface area contributed by atoms with Crippen molar-refractivity contribution in [3.05, 3.63) is 96.1 Å². The Morgan fingerprint density at radius 1 is 1.17 bits per heavy atom. The van der Waals surface area contributed by atoms with E-state index in [0.717, 1.165) is 33.6 Å². The zero-order valence-electron chi connectivity index (χ0n) is 22.3. The molecule has 0 aliphatic heterocycles. The summed E-state index contributed by atoms with van der Waals surface area (Å²) in [6.07, 6.45) is 8.45. The van der Waals surface area contributed by atoms with E-state index in [1.165, 1.54) is 6.07 Å². The molecule has 3 heterocycles. The minimum atomic E-state index is -0.305. The van der Waals surface area contributed by atoms with Crippen LogP contribution in [-0.2, 0) is 6.42 Å². The van der Waals surface area contributed by atoms with Gasteiger partial charge in [-0.25, -0.2) is 4.98 Å². The number of aliphatic hydroxyl groups excluding tert-OH is 1. The summed E-state index contributed by atoms with van der Waals surface area (Å²) in [5.74, 6) is 0.144. The Hall–Kier alpha value is -4.94. The van der Waals surface area contributed by atoms with Gasteiger partial charge in [0.25, 0.3) is 5.91 Å². The normalized spacial score (nSPS) is 11.6. The molecular formula is C32H34N6O3. The summed E-state index contributed by atoms with van der Waals surface area (Å²) in [6, 6.07) is 18.7. The van der Waals surface area contributed by atoms with E-state index in [0.29, 0.717) is 29.7 Å². The first-order valence-corrected chi connectivity index (χ1v) is 13.1. The van der Waals surface area contributed by atoms with Gasteiger partial charge < -0.3 is 19.6 Å². The molecule has 0 unspecified atom stereocenters. The maximum Gasteiger partial charge on any atom is 0.251 e. The molecule has 2 aromatic carbocycles. The summed E-state index contributed by atoms with van der Waals surface area (Å²) in [5, 5.41) is 29.0. The molecule has 41 heavy (non-hydrogen) atoms. The lowest BCUT2D eigenvalue weighted by molar-refractivity contribution is 0.0930. The molecule has 3 aromatic heterocycles. The number of H-pyrrole nitrogens is 1. The van der Waals surface area contributed by atoms with Crippen molar-refractivity contribution in [1.29, 1.82) is 5.26 Å². The second-order valence-corrected chi connectivity index (χ2v) is 9.84. The van der Waals surface area contributed by atoms with Crippen LogP contribution in [0.4, 0.5) is 0 Å². The molecule has 0 aliphatic rings. The first-order valence-electron chi connectivity index (χ1n) is 13.1. The smallest absolute Gasteiger partial charge is 0.251 e. The molecule has 0 saturated carbocycles. The summed E-state index contributed by atoms with van der Waals surface area (Å²) < 4.78 is 7.65. The Morgan fingerprint density at radius 2 is 1.98 bits per heavy atom. The first kappa shape index (κ1) is 29.1. The fourth-order valence-electron chi connectivity index (χ4n) is 4.64. The van der Waals surface area contributed by atoms with Crippen LogP contribution < -0.4 is 10.1 Å². The molecule has 0 radical (unpaired) electrons. The zero-order chi connectivity index (χ0) is 28.1. The molecule has 5 aromatic rings. The Labute approximate surface area is 239 Å². The number of benzene rings is 2. The summed E-state index contributed by atoms with van der Waals surface area (Å²) >= 11 is 0. The second kappa shape index (κ2) is 12.9. The number of hydrogen-bond donors (Lipinski definition) is 3. The predicted octanol–water partition coefficient (Wildman–Crippen LogP) is 5.41. The Bertz CT molecular complexity index is 1650. The Kier molecular flexibility index (Phi) is 9.17. The fourth-order valence-corrected chi connectivity index (χ4v) is 4.64. The van der Waals surface area contributed by atoms with E-state index >= 15 is 0 Å². The lowest BCUT2D eigenvalue weighted by Gasteiger charge is -2.19. The molecule has 0 bridgehead atoms. The molecule has 1 amide bonds. The molecule has 5 rings (SSSR count). The van der Waals surface area contributed by atoms with Gasteiger partial charge in [0.05, 0.1) is 23.6 Å². The number of rotatable bonds is 10. The number of ether oxygens (including phenoxy) is 1. The maximum atomic E-state index is 13.0. The van der Waals surface area contributed by atoms with Crippen LogP contribution in [0.5, 0.6) is 5.75 Å². The summed E-state index contributed by atoms with van der Waals surface area (Å²) in [7, 11) is 0. The second-order valence-electron chi connectivity index (χ2n) is 9.84. The van der Waals surface area contributed by atoms with E-state index in [9.17, 15) is 15.2 Å². The first-order chi connectivity index (χ1) is 19.4. The van der Waals surface area contributed by atoms with E-state index < -0.39 is 0 Å². The highest BCUT2D eigenvalue weighted by atomic mass is 16.5. The number of pyridine rings is 1.